The first-order valence-electron chi connectivity index (χ1n) is 7.21. The molecule has 0 fully saturated rings. The Labute approximate surface area is 155 Å². The molecule has 0 radical (unpaired) electrons. The van der Waals surface area contributed by atoms with Gasteiger partial charge in [-0.3, -0.25) is 4.79 Å². The monoisotopic (exact) mass is 326 g/mol. The van der Waals surface area contributed by atoms with Crippen LogP contribution in [0.15, 0.2) is 23.8 Å². The van der Waals surface area contributed by atoms with E-state index in [1.807, 2.05) is 6.92 Å². The van der Waals surface area contributed by atoms with E-state index in [1.165, 1.54) is 6.08 Å². The van der Waals surface area contributed by atoms with E-state index < -0.39 is 30.2 Å². The predicted octanol–water partition coefficient (Wildman–Crippen LogP) is 1.55. The van der Waals surface area contributed by atoms with Crippen LogP contribution in [0.4, 0.5) is 8.78 Å². The van der Waals surface area contributed by atoms with Crippen LogP contribution in [0.2, 0.25) is 0 Å². The summed E-state index contributed by atoms with van der Waals surface area (Å²) in [5.74, 6) is -5.60. The Hall–Kier alpha value is -0.520. The van der Waals surface area contributed by atoms with Crippen molar-refractivity contribution in [3.8, 4) is 0 Å². The van der Waals surface area contributed by atoms with Crippen LogP contribution in [-0.4, -0.2) is 17.9 Å². The van der Waals surface area contributed by atoms with E-state index in [0.717, 1.165) is 6.92 Å². The first-order chi connectivity index (χ1) is 9.75. The molecule has 6 heteroatoms. The number of halogens is 2. The Morgan fingerprint density at radius 1 is 1.32 bits per heavy atom. The molecule has 0 rings (SSSR count). The number of alkyl halides is 2. The Morgan fingerprint density at radius 3 is 2.32 bits per heavy atom. The van der Waals surface area contributed by atoms with Crippen LogP contribution in [0, 0.1) is 5.92 Å². The summed E-state index contributed by atoms with van der Waals surface area (Å²) in [7, 11) is 0. The van der Waals surface area contributed by atoms with Crippen molar-refractivity contribution in [3.63, 3.8) is 0 Å². The largest absolute Gasteiger partial charge is 1.00 e. The molecular weight excluding hydrogens is 301 g/mol. The molecule has 122 valence electrons. The molecule has 0 saturated carbocycles. The maximum atomic E-state index is 13.1. The summed E-state index contributed by atoms with van der Waals surface area (Å²) in [4.78, 5) is 23.8. The van der Waals surface area contributed by atoms with E-state index in [-0.39, 0.29) is 43.0 Å². The van der Waals surface area contributed by atoms with Crippen LogP contribution in [0.5, 0.6) is 0 Å². The fourth-order valence-corrected chi connectivity index (χ4v) is 1.94. The summed E-state index contributed by atoms with van der Waals surface area (Å²) in [5.41, 5.74) is 0.256. The number of allylic oxidation sites excluding steroid dienone is 2. The zero-order chi connectivity index (χ0) is 16.5. The topological polar surface area (TPSA) is 43.4 Å². The molecule has 0 aliphatic heterocycles. The predicted molar refractivity (Wildman–Crippen MR) is 79.0 cm³/mol. The van der Waals surface area contributed by atoms with Gasteiger partial charge >= 0.3 is 41.5 Å². The molecule has 0 aliphatic rings. The van der Waals surface area contributed by atoms with Crippen molar-refractivity contribution in [3.05, 3.63) is 23.8 Å². The van der Waals surface area contributed by atoms with Crippen LogP contribution >= 0.6 is 0 Å². The number of carbonyl (C=O) groups is 2. The van der Waals surface area contributed by atoms with Crippen molar-refractivity contribution in [1.29, 1.82) is 0 Å². The van der Waals surface area contributed by atoms with Gasteiger partial charge in [-0.05, 0) is 26.7 Å². The second kappa shape index (κ2) is 12.0. The van der Waals surface area contributed by atoms with E-state index in [2.05, 4.69) is 0 Å². The van der Waals surface area contributed by atoms with Gasteiger partial charge in [0.05, 0.1) is 11.5 Å². The van der Waals surface area contributed by atoms with Crippen molar-refractivity contribution in [2.75, 3.05) is 0 Å². The maximum absolute atomic E-state index is 13.1. The van der Waals surface area contributed by atoms with E-state index in [9.17, 15) is 18.4 Å². The molecule has 0 spiro atoms. The SMILES string of the molecule is C/C=C\C(=C/CC)C(=O)OC(=O)C(CCC)CC(C)(F)F.[H-].[Na+]. The molecule has 1 unspecified atom stereocenters. The average molecular weight is 326 g/mol. The fraction of sp³-hybridized carbons (Fsp3) is 0.625. The minimum Gasteiger partial charge on any atom is -1.00 e. The van der Waals surface area contributed by atoms with E-state index >= 15 is 0 Å². The summed E-state index contributed by atoms with van der Waals surface area (Å²) in [6.07, 6.45) is 5.64. The van der Waals surface area contributed by atoms with Gasteiger partial charge in [0.15, 0.2) is 0 Å². The molecule has 0 bridgehead atoms. The molecule has 0 N–H and O–H groups in total. The van der Waals surface area contributed by atoms with E-state index in [1.54, 1.807) is 26.0 Å². The van der Waals surface area contributed by atoms with E-state index in [0.29, 0.717) is 12.8 Å². The third-order valence-electron chi connectivity index (χ3n) is 2.77. The van der Waals surface area contributed by atoms with Crippen LogP contribution in [-0.2, 0) is 14.3 Å². The van der Waals surface area contributed by atoms with Gasteiger partial charge < -0.3 is 6.16 Å². The number of ether oxygens (including phenoxy) is 1. The minimum atomic E-state index is -2.96. The third kappa shape index (κ3) is 10.2. The minimum absolute atomic E-state index is 0. The van der Waals surface area contributed by atoms with Gasteiger partial charge in [0.1, 0.15) is 0 Å². The standard InChI is InChI=1S/C16H24F2O3.Na.H/c1-5-8-12(9-6-2)14(19)21-15(20)13(10-7-3)11-16(4,17)18;;/h5,8-9,13H,6-7,10-11H2,1-4H3;;/q;+1;-1/b8-5-,12-9+;;. The first kappa shape index (κ1) is 23.7. The van der Waals surface area contributed by atoms with Crippen molar-refractivity contribution in [2.45, 2.75) is 59.3 Å². The third-order valence-corrected chi connectivity index (χ3v) is 2.77. The summed E-state index contributed by atoms with van der Waals surface area (Å²) < 4.78 is 30.9. The summed E-state index contributed by atoms with van der Waals surface area (Å²) in [5, 5.41) is 0. The smallest absolute Gasteiger partial charge is 1.00 e. The number of rotatable bonds is 8. The average Bonchev–Trinajstić information content (AvgIpc) is 2.36. The van der Waals surface area contributed by atoms with E-state index in [4.69, 9.17) is 4.74 Å². The Bertz CT molecular complexity index is 418. The Balaban J connectivity index is -0.00000200. The Morgan fingerprint density at radius 2 is 1.91 bits per heavy atom. The summed E-state index contributed by atoms with van der Waals surface area (Å²) in [6.45, 7) is 6.12. The second-order valence-electron chi connectivity index (χ2n) is 5.04. The Kier molecular flexibility index (Phi) is 12.9. The molecule has 22 heavy (non-hydrogen) atoms. The van der Waals surface area contributed by atoms with Crippen molar-refractivity contribution in [2.24, 2.45) is 5.92 Å². The number of hydrogen-bond donors (Lipinski definition) is 0. The van der Waals surface area contributed by atoms with Gasteiger partial charge in [-0.25, -0.2) is 13.6 Å². The van der Waals surface area contributed by atoms with Gasteiger partial charge in [-0.1, -0.05) is 38.5 Å². The number of esters is 2. The molecule has 0 aromatic heterocycles. The van der Waals surface area contributed by atoms with Crippen LogP contribution in [0.3, 0.4) is 0 Å². The molecule has 0 heterocycles. The summed E-state index contributed by atoms with van der Waals surface area (Å²) in [6, 6.07) is 0. The number of hydrogen-bond acceptors (Lipinski definition) is 3. The van der Waals surface area contributed by atoms with Gasteiger partial charge in [0.25, 0.3) is 0 Å². The van der Waals surface area contributed by atoms with Crippen LogP contribution in [0.25, 0.3) is 0 Å². The zero-order valence-electron chi connectivity index (χ0n) is 15.1. The molecule has 0 saturated heterocycles. The molecule has 0 aliphatic carbocycles. The van der Waals surface area contributed by atoms with Crippen molar-refractivity contribution >= 4 is 11.9 Å². The van der Waals surface area contributed by atoms with Crippen molar-refractivity contribution < 1.29 is 54.1 Å². The zero-order valence-corrected chi connectivity index (χ0v) is 16.1. The normalized spacial score (nSPS) is 13.6. The van der Waals surface area contributed by atoms with Crippen LogP contribution < -0.4 is 29.6 Å². The van der Waals surface area contributed by atoms with Gasteiger partial charge in [-0.15, -0.1) is 0 Å². The number of carbonyl (C=O) groups excluding carboxylic acids is 2. The van der Waals surface area contributed by atoms with Gasteiger partial charge in [-0.2, -0.15) is 0 Å². The molecule has 1 atom stereocenters. The second-order valence-corrected chi connectivity index (χ2v) is 5.04. The fourth-order valence-electron chi connectivity index (χ4n) is 1.94. The van der Waals surface area contributed by atoms with Crippen molar-refractivity contribution in [1.82, 2.24) is 0 Å². The molecule has 0 aromatic rings. The van der Waals surface area contributed by atoms with Gasteiger partial charge in [0, 0.05) is 6.42 Å². The quantitative estimate of drug-likeness (QED) is 0.223. The maximum Gasteiger partial charge on any atom is 1.00 e. The first-order valence-corrected chi connectivity index (χ1v) is 7.21. The molecule has 0 aromatic carbocycles. The summed E-state index contributed by atoms with van der Waals surface area (Å²) >= 11 is 0. The van der Waals surface area contributed by atoms with Crippen LogP contribution in [0.1, 0.15) is 54.8 Å². The molecule has 0 amide bonds. The van der Waals surface area contributed by atoms with Gasteiger partial charge in [0.2, 0.25) is 5.92 Å². The molecular formula is C16H25F2NaO3. The molecule has 3 nitrogen and oxygen atoms in total.